The van der Waals surface area contributed by atoms with E-state index in [1.807, 2.05) is 0 Å². The van der Waals surface area contributed by atoms with Crippen LogP contribution in [0, 0.1) is 35.5 Å². The van der Waals surface area contributed by atoms with Gasteiger partial charge in [0.25, 0.3) is 0 Å². The number of hydrogen-bond acceptors (Lipinski definition) is 1. The normalized spacial score (nSPS) is 14.9. The Bertz CT molecular complexity index is 765. The minimum atomic E-state index is 0.213. The first kappa shape index (κ1) is 59.7. The lowest BCUT2D eigenvalue weighted by molar-refractivity contribution is -0.128. The van der Waals surface area contributed by atoms with E-state index in [0.29, 0.717) is 17.6 Å². The van der Waals surface area contributed by atoms with Crippen molar-refractivity contribution in [2.24, 2.45) is 35.5 Å². The van der Waals surface area contributed by atoms with Gasteiger partial charge in [0.05, 0.1) is 0 Å². The zero-order chi connectivity index (χ0) is 44.2. The van der Waals surface area contributed by atoms with E-state index in [0.717, 1.165) is 11.8 Å². The van der Waals surface area contributed by atoms with Crippen LogP contribution in [0.15, 0.2) is 0 Å². The zero-order valence-corrected chi connectivity index (χ0v) is 43.5. The Kier molecular flexibility index (Phi) is 46.4. The summed E-state index contributed by atoms with van der Waals surface area (Å²) < 4.78 is 0. The lowest BCUT2D eigenvalue weighted by atomic mass is 9.78. The number of rotatable bonds is 50. The van der Waals surface area contributed by atoms with Crippen LogP contribution in [-0.4, -0.2) is 5.78 Å². The Morgan fingerprint density at radius 2 is 0.417 bits per heavy atom. The highest BCUT2D eigenvalue weighted by molar-refractivity contribution is 5.83. The topological polar surface area (TPSA) is 17.1 Å². The van der Waals surface area contributed by atoms with Crippen LogP contribution in [0.3, 0.4) is 0 Å². The van der Waals surface area contributed by atoms with E-state index in [-0.39, 0.29) is 11.8 Å². The SMILES string of the molecule is CCCCCCCCCCCCCCCCC(C)CCCCCCCC(C)C(C)C(=O)C(C)C(C)CCCCCCCC(C)CCCCCCCCCCCCCCCC. The molecule has 0 radical (unpaired) electrons. The molecule has 60 heavy (non-hydrogen) atoms. The number of carbonyl (C=O) groups is 1. The van der Waals surface area contributed by atoms with Gasteiger partial charge in [0.1, 0.15) is 5.78 Å². The van der Waals surface area contributed by atoms with Crippen molar-refractivity contribution in [3.8, 4) is 0 Å². The second-order valence-electron chi connectivity index (χ2n) is 21.6. The first-order chi connectivity index (χ1) is 29.2. The summed E-state index contributed by atoms with van der Waals surface area (Å²) in [6.07, 6.45) is 62.6. The zero-order valence-electron chi connectivity index (χ0n) is 43.5. The van der Waals surface area contributed by atoms with Crippen molar-refractivity contribution >= 4 is 5.78 Å². The van der Waals surface area contributed by atoms with E-state index < -0.39 is 0 Å². The second kappa shape index (κ2) is 46.7. The van der Waals surface area contributed by atoms with E-state index >= 15 is 0 Å². The monoisotopic (exact) mass is 843 g/mol. The van der Waals surface area contributed by atoms with Gasteiger partial charge < -0.3 is 0 Å². The van der Waals surface area contributed by atoms with Gasteiger partial charge >= 0.3 is 0 Å². The van der Waals surface area contributed by atoms with Crippen LogP contribution < -0.4 is 0 Å². The van der Waals surface area contributed by atoms with Crippen LogP contribution in [0.5, 0.6) is 0 Å². The van der Waals surface area contributed by atoms with Crippen LogP contribution in [0.2, 0.25) is 0 Å². The van der Waals surface area contributed by atoms with Gasteiger partial charge in [-0.15, -0.1) is 0 Å². The number of carbonyl (C=O) groups excluding carboxylic acids is 1. The van der Waals surface area contributed by atoms with Crippen molar-refractivity contribution in [3.63, 3.8) is 0 Å². The third-order valence-corrected chi connectivity index (χ3v) is 15.4. The Morgan fingerprint density at radius 1 is 0.250 bits per heavy atom. The maximum Gasteiger partial charge on any atom is 0.139 e. The van der Waals surface area contributed by atoms with Gasteiger partial charge in [-0.3, -0.25) is 4.79 Å². The summed E-state index contributed by atoms with van der Waals surface area (Å²) >= 11 is 0. The van der Waals surface area contributed by atoms with Crippen molar-refractivity contribution in [3.05, 3.63) is 0 Å². The van der Waals surface area contributed by atoms with Crippen molar-refractivity contribution < 1.29 is 4.79 Å². The molecule has 0 amide bonds. The Labute approximate surface area is 382 Å². The molecule has 0 spiro atoms. The van der Waals surface area contributed by atoms with Gasteiger partial charge in [0.2, 0.25) is 0 Å². The Morgan fingerprint density at radius 3 is 0.617 bits per heavy atom. The van der Waals surface area contributed by atoms with Gasteiger partial charge in [0.15, 0.2) is 0 Å². The molecule has 1 nitrogen and oxygen atoms in total. The average molecular weight is 844 g/mol. The van der Waals surface area contributed by atoms with E-state index in [4.69, 9.17) is 0 Å². The first-order valence-electron chi connectivity index (χ1n) is 28.8. The lowest BCUT2D eigenvalue weighted by Gasteiger charge is -2.26. The van der Waals surface area contributed by atoms with E-state index in [2.05, 4.69) is 55.4 Å². The highest BCUT2D eigenvalue weighted by Gasteiger charge is 2.27. The summed E-state index contributed by atoms with van der Waals surface area (Å²) in [6, 6.07) is 0. The molecule has 0 aromatic rings. The Balaban J connectivity index is 3.67. The summed E-state index contributed by atoms with van der Waals surface area (Å²) in [6.45, 7) is 18.8. The molecule has 0 aliphatic heterocycles. The average Bonchev–Trinajstić information content (AvgIpc) is 3.24. The van der Waals surface area contributed by atoms with Gasteiger partial charge in [0, 0.05) is 11.8 Å². The molecule has 0 saturated heterocycles. The predicted octanol–water partition coefficient (Wildman–Crippen LogP) is 21.6. The van der Waals surface area contributed by atoms with Crippen molar-refractivity contribution in [2.45, 2.75) is 338 Å². The highest BCUT2D eigenvalue weighted by Crippen LogP contribution is 2.28. The first-order valence-corrected chi connectivity index (χ1v) is 28.8. The molecule has 6 unspecified atom stereocenters. The van der Waals surface area contributed by atoms with Gasteiger partial charge in [-0.2, -0.15) is 0 Å². The predicted molar refractivity (Wildman–Crippen MR) is 274 cm³/mol. The number of ketones is 1. The van der Waals surface area contributed by atoms with Crippen LogP contribution >= 0.6 is 0 Å². The quantitative estimate of drug-likeness (QED) is 0.0558. The van der Waals surface area contributed by atoms with Crippen LogP contribution in [0.1, 0.15) is 338 Å². The molecular formula is C59H118O. The van der Waals surface area contributed by atoms with Gasteiger partial charge in [-0.1, -0.05) is 338 Å². The fraction of sp³-hybridized carbons (Fsp3) is 0.983. The molecule has 0 saturated carbocycles. The smallest absolute Gasteiger partial charge is 0.139 e. The summed E-state index contributed by atoms with van der Waals surface area (Å²) in [4.78, 5) is 13.4. The molecular weight excluding hydrogens is 725 g/mol. The minimum Gasteiger partial charge on any atom is -0.299 e. The maximum absolute atomic E-state index is 13.4. The van der Waals surface area contributed by atoms with Crippen molar-refractivity contribution in [1.29, 1.82) is 0 Å². The summed E-state index contributed by atoms with van der Waals surface area (Å²) in [5.41, 5.74) is 0. The molecule has 0 aliphatic carbocycles. The molecule has 0 aromatic carbocycles. The van der Waals surface area contributed by atoms with E-state index in [1.54, 1.807) is 0 Å². The lowest BCUT2D eigenvalue weighted by Crippen LogP contribution is -2.28. The maximum atomic E-state index is 13.4. The summed E-state index contributed by atoms with van der Waals surface area (Å²) in [7, 11) is 0. The van der Waals surface area contributed by atoms with Gasteiger partial charge in [-0.05, 0) is 23.7 Å². The van der Waals surface area contributed by atoms with Crippen molar-refractivity contribution in [1.82, 2.24) is 0 Å². The fourth-order valence-corrected chi connectivity index (χ4v) is 10.1. The molecule has 0 heterocycles. The molecule has 1 heteroatoms. The van der Waals surface area contributed by atoms with Gasteiger partial charge in [-0.25, -0.2) is 0 Å². The van der Waals surface area contributed by atoms with E-state index in [9.17, 15) is 4.79 Å². The molecule has 360 valence electrons. The second-order valence-corrected chi connectivity index (χ2v) is 21.6. The number of Topliss-reactive ketones (excluding diaryl/α,β-unsaturated/α-hetero) is 1. The number of hydrogen-bond donors (Lipinski definition) is 0. The largest absolute Gasteiger partial charge is 0.299 e. The summed E-state index contributed by atoms with van der Waals surface area (Å²) in [5.74, 6) is 3.82. The third-order valence-electron chi connectivity index (χ3n) is 15.4. The molecule has 0 N–H and O–H groups in total. The van der Waals surface area contributed by atoms with Crippen molar-refractivity contribution in [2.75, 3.05) is 0 Å². The standard InChI is InChI=1S/C59H118O/c1-9-11-13-15-17-19-21-23-25-27-29-31-35-41-47-53(3)49-43-37-33-39-45-51-55(5)57(7)59(60)58(8)56(6)52-46-40-34-38-44-50-54(4)48-42-36-32-30-28-26-24-22-20-18-16-14-12-10-2/h53-58H,9-52H2,1-8H3. The molecule has 0 fully saturated rings. The van der Waals surface area contributed by atoms with E-state index in [1.165, 1.54) is 283 Å². The minimum absolute atomic E-state index is 0.213. The van der Waals surface area contributed by atoms with Crippen LogP contribution in [0.4, 0.5) is 0 Å². The molecule has 6 atom stereocenters. The summed E-state index contributed by atoms with van der Waals surface area (Å²) in [5, 5.41) is 0. The van der Waals surface area contributed by atoms with Crippen LogP contribution in [0.25, 0.3) is 0 Å². The third kappa shape index (κ3) is 40.4. The molecule has 0 aliphatic rings. The molecule has 0 rings (SSSR count). The molecule has 0 bridgehead atoms. The van der Waals surface area contributed by atoms with Crippen LogP contribution in [-0.2, 0) is 4.79 Å². The Hall–Kier alpha value is -0.330. The molecule has 0 aromatic heterocycles. The number of unbranched alkanes of at least 4 members (excludes halogenated alkanes) is 34. The fourth-order valence-electron chi connectivity index (χ4n) is 10.1. The highest BCUT2D eigenvalue weighted by atomic mass is 16.1.